The molecule has 1 fully saturated rings. The van der Waals surface area contributed by atoms with Gasteiger partial charge in [-0.3, -0.25) is 9.59 Å². The molecule has 0 atom stereocenters. The van der Waals surface area contributed by atoms with Gasteiger partial charge in [-0.05, 0) is 43.2 Å². The molecule has 0 heterocycles. The van der Waals surface area contributed by atoms with E-state index in [1.807, 2.05) is 24.3 Å². The maximum absolute atomic E-state index is 12.8. The van der Waals surface area contributed by atoms with Gasteiger partial charge in [0.15, 0.2) is 0 Å². The fourth-order valence-corrected chi connectivity index (χ4v) is 2.87. The van der Waals surface area contributed by atoms with Crippen molar-refractivity contribution in [2.45, 2.75) is 25.2 Å². The Kier molecular flexibility index (Phi) is 4.25. The van der Waals surface area contributed by atoms with Crippen LogP contribution < -0.4 is 15.4 Å². The van der Waals surface area contributed by atoms with Crippen molar-refractivity contribution in [3.8, 4) is 5.75 Å². The molecule has 2 N–H and O–H groups in total. The van der Waals surface area contributed by atoms with E-state index in [9.17, 15) is 9.59 Å². The van der Waals surface area contributed by atoms with Crippen LogP contribution >= 0.6 is 0 Å². The fourth-order valence-electron chi connectivity index (χ4n) is 2.87. The minimum Gasteiger partial charge on any atom is -0.496 e. The predicted octanol–water partition coefficient (Wildman–Crippen LogP) is 3.32. The molecule has 0 unspecified atom stereocenters. The largest absolute Gasteiger partial charge is 0.496 e. The monoisotopic (exact) mass is 324 g/mol. The number of carbonyl (C=O) groups excluding carboxylic acids is 2. The number of ether oxygens (including phenoxy) is 1. The van der Waals surface area contributed by atoms with E-state index in [1.165, 1.54) is 6.92 Å². The van der Waals surface area contributed by atoms with Crippen LogP contribution in [0, 0.1) is 0 Å². The molecule has 1 aliphatic rings. The number of methoxy groups -OCH3 is 1. The molecule has 1 aliphatic carbocycles. The second kappa shape index (κ2) is 6.35. The predicted molar refractivity (Wildman–Crippen MR) is 93.3 cm³/mol. The molecule has 1 saturated carbocycles. The normalized spacial score (nSPS) is 14.6. The van der Waals surface area contributed by atoms with Crippen LogP contribution in [0.2, 0.25) is 0 Å². The van der Waals surface area contributed by atoms with E-state index in [2.05, 4.69) is 10.6 Å². The third-order valence-electron chi connectivity index (χ3n) is 4.27. The second-order valence-electron chi connectivity index (χ2n) is 6.00. The summed E-state index contributed by atoms with van der Waals surface area (Å²) in [5.74, 6) is 0.588. The van der Waals surface area contributed by atoms with Crippen molar-refractivity contribution < 1.29 is 14.3 Å². The quantitative estimate of drug-likeness (QED) is 0.886. The van der Waals surface area contributed by atoms with Crippen LogP contribution in [0.4, 0.5) is 11.4 Å². The first-order valence-corrected chi connectivity index (χ1v) is 7.88. The molecule has 0 spiro atoms. The number of para-hydroxylation sites is 1. The maximum Gasteiger partial charge on any atom is 0.235 e. The fraction of sp³-hybridized carbons (Fsp3) is 0.263. The van der Waals surface area contributed by atoms with E-state index >= 15 is 0 Å². The Bertz CT molecular complexity index is 764. The van der Waals surface area contributed by atoms with Crippen molar-refractivity contribution in [2.75, 3.05) is 17.7 Å². The van der Waals surface area contributed by atoms with E-state index in [4.69, 9.17) is 4.74 Å². The Labute approximate surface area is 141 Å². The van der Waals surface area contributed by atoms with E-state index < -0.39 is 5.41 Å². The Balaban J connectivity index is 1.76. The molecule has 124 valence electrons. The van der Waals surface area contributed by atoms with Gasteiger partial charge in [0.05, 0.1) is 12.5 Å². The zero-order valence-corrected chi connectivity index (χ0v) is 13.8. The summed E-state index contributed by atoms with van der Waals surface area (Å²) in [6.45, 7) is 1.46. The van der Waals surface area contributed by atoms with Crippen molar-refractivity contribution >= 4 is 23.2 Å². The smallest absolute Gasteiger partial charge is 0.235 e. The molecule has 2 aromatic rings. The lowest BCUT2D eigenvalue weighted by Gasteiger charge is -2.18. The van der Waals surface area contributed by atoms with Gasteiger partial charge in [-0.1, -0.05) is 18.2 Å². The molecule has 3 rings (SSSR count). The SMILES string of the molecule is COc1ccccc1C1(C(=O)Nc2ccc(NC(C)=O)cc2)CC1. The lowest BCUT2D eigenvalue weighted by molar-refractivity contribution is -0.118. The lowest BCUT2D eigenvalue weighted by atomic mass is 9.94. The second-order valence-corrected chi connectivity index (χ2v) is 6.00. The molecule has 2 aromatic carbocycles. The van der Waals surface area contributed by atoms with Gasteiger partial charge in [0.1, 0.15) is 5.75 Å². The third-order valence-corrected chi connectivity index (χ3v) is 4.27. The van der Waals surface area contributed by atoms with Gasteiger partial charge in [-0.25, -0.2) is 0 Å². The first-order chi connectivity index (χ1) is 11.5. The minimum atomic E-state index is -0.511. The summed E-state index contributed by atoms with van der Waals surface area (Å²) in [7, 11) is 1.62. The Morgan fingerprint density at radius 1 is 0.958 bits per heavy atom. The summed E-state index contributed by atoms with van der Waals surface area (Å²) in [5.41, 5.74) is 1.82. The molecule has 5 nitrogen and oxygen atoms in total. The standard InChI is InChI=1S/C19H20N2O3/c1-13(22)20-14-7-9-15(10-8-14)21-18(23)19(11-12-19)16-5-3-4-6-17(16)24-2/h3-10H,11-12H2,1-2H3,(H,20,22)(H,21,23). The number of benzene rings is 2. The lowest BCUT2D eigenvalue weighted by Crippen LogP contribution is -2.28. The Morgan fingerprint density at radius 3 is 2.08 bits per heavy atom. The van der Waals surface area contributed by atoms with Gasteiger partial charge in [0.2, 0.25) is 11.8 Å². The van der Waals surface area contributed by atoms with Crippen LogP contribution in [-0.2, 0) is 15.0 Å². The van der Waals surface area contributed by atoms with E-state index in [0.717, 1.165) is 24.2 Å². The van der Waals surface area contributed by atoms with Gasteiger partial charge < -0.3 is 15.4 Å². The molecule has 2 amide bonds. The van der Waals surface area contributed by atoms with Gasteiger partial charge in [-0.15, -0.1) is 0 Å². The molecule has 0 bridgehead atoms. The van der Waals surface area contributed by atoms with Gasteiger partial charge in [-0.2, -0.15) is 0 Å². The molecule has 0 aliphatic heterocycles. The topological polar surface area (TPSA) is 67.4 Å². The summed E-state index contributed by atoms with van der Waals surface area (Å²) in [6, 6.07) is 14.7. The Morgan fingerprint density at radius 2 is 1.54 bits per heavy atom. The number of amides is 2. The molecule has 0 radical (unpaired) electrons. The number of rotatable bonds is 5. The van der Waals surface area contributed by atoms with Crippen LogP contribution in [0.15, 0.2) is 48.5 Å². The van der Waals surface area contributed by atoms with E-state index in [1.54, 1.807) is 31.4 Å². The molecular formula is C19H20N2O3. The third kappa shape index (κ3) is 3.11. The highest BCUT2D eigenvalue weighted by molar-refractivity contribution is 6.02. The van der Waals surface area contributed by atoms with Crippen LogP contribution in [0.1, 0.15) is 25.3 Å². The van der Waals surface area contributed by atoms with Gasteiger partial charge in [0.25, 0.3) is 0 Å². The first kappa shape index (κ1) is 16.1. The van der Waals surface area contributed by atoms with Crippen LogP contribution in [-0.4, -0.2) is 18.9 Å². The van der Waals surface area contributed by atoms with Gasteiger partial charge in [0, 0.05) is 23.9 Å². The number of nitrogens with one attached hydrogen (secondary N) is 2. The highest BCUT2D eigenvalue weighted by Gasteiger charge is 2.52. The minimum absolute atomic E-state index is 0.0284. The van der Waals surface area contributed by atoms with Crippen molar-refractivity contribution in [3.63, 3.8) is 0 Å². The summed E-state index contributed by atoms with van der Waals surface area (Å²) >= 11 is 0. The van der Waals surface area contributed by atoms with E-state index in [-0.39, 0.29) is 11.8 Å². The highest BCUT2D eigenvalue weighted by Crippen LogP contribution is 2.51. The van der Waals surface area contributed by atoms with Crippen molar-refractivity contribution in [1.82, 2.24) is 0 Å². The van der Waals surface area contributed by atoms with Crippen LogP contribution in [0.25, 0.3) is 0 Å². The average molecular weight is 324 g/mol. The number of anilines is 2. The summed E-state index contributed by atoms with van der Waals surface area (Å²) in [5, 5.41) is 5.67. The molecule has 0 saturated heterocycles. The maximum atomic E-state index is 12.8. The Hall–Kier alpha value is -2.82. The summed E-state index contributed by atoms with van der Waals surface area (Å²) < 4.78 is 5.40. The van der Waals surface area contributed by atoms with E-state index in [0.29, 0.717) is 11.4 Å². The van der Waals surface area contributed by atoms with Gasteiger partial charge >= 0.3 is 0 Å². The zero-order chi connectivity index (χ0) is 17.2. The van der Waals surface area contributed by atoms with Crippen molar-refractivity contribution in [2.24, 2.45) is 0 Å². The van der Waals surface area contributed by atoms with Crippen molar-refractivity contribution in [1.29, 1.82) is 0 Å². The summed E-state index contributed by atoms with van der Waals surface area (Å²) in [4.78, 5) is 23.8. The zero-order valence-electron chi connectivity index (χ0n) is 13.8. The molecule has 5 heteroatoms. The summed E-state index contributed by atoms with van der Waals surface area (Å²) in [6.07, 6.45) is 1.62. The van der Waals surface area contributed by atoms with Crippen LogP contribution in [0.5, 0.6) is 5.75 Å². The molecule has 0 aromatic heterocycles. The first-order valence-electron chi connectivity index (χ1n) is 7.88. The molecular weight excluding hydrogens is 304 g/mol. The highest BCUT2D eigenvalue weighted by atomic mass is 16.5. The van der Waals surface area contributed by atoms with Crippen molar-refractivity contribution in [3.05, 3.63) is 54.1 Å². The molecule has 24 heavy (non-hydrogen) atoms. The number of hydrogen-bond donors (Lipinski definition) is 2. The number of carbonyl (C=O) groups is 2. The average Bonchev–Trinajstić information content (AvgIpc) is 3.38. The number of hydrogen-bond acceptors (Lipinski definition) is 3. The van der Waals surface area contributed by atoms with Crippen LogP contribution in [0.3, 0.4) is 0 Å².